The van der Waals surface area contributed by atoms with Gasteiger partial charge >= 0.3 is 0 Å². The minimum Gasteiger partial charge on any atom is -0.410 e. The van der Waals surface area contributed by atoms with Gasteiger partial charge in [-0.05, 0) is 23.8 Å². The van der Waals surface area contributed by atoms with Crippen LogP contribution in [0.3, 0.4) is 0 Å². The van der Waals surface area contributed by atoms with Crippen LogP contribution in [0, 0.1) is 0 Å². The molecule has 0 radical (unpaired) electrons. The first-order valence-corrected chi connectivity index (χ1v) is 5.05. The van der Waals surface area contributed by atoms with Crippen molar-refractivity contribution in [2.75, 3.05) is 0 Å². The van der Waals surface area contributed by atoms with Crippen LogP contribution in [0.25, 0.3) is 6.08 Å². The zero-order valence-electron chi connectivity index (χ0n) is 8.48. The molecule has 0 aliphatic carbocycles. The molecule has 1 amide bonds. The van der Waals surface area contributed by atoms with Crippen LogP contribution < -0.4 is 5.32 Å². The normalized spacial score (nSPS) is 20.1. The fourth-order valence-corrected chi connectivity index (χ4v) is 1.62. The summed E-state index contributed by atoms with van der Waals surface area (Å²) in [6.45, 7) is 0. The lowest BCUT2D eigenvalue weighted by atomic mass is 10.1. The van der Waals surface area contributed by atoms with Gasteiger partial charge in [0.1, 0.15) is 0 Å². The Morgan fingerprint density at radius 3 is 2.71 bits per heavy atom. The SMILES string of the molecule is O=C1N/C(=C/c2cccc(Cl)c2)C(=O)/C1=N/O. The molecule has 1 aliphatic rings. The van der Waals surface area contributed by atoms with Gasteiger partial charge in [-0.2, -0.15) is 0 Å². The first kappa shape index (κ1) is 11.3. The maximum atomic E-state index is 11.6. The molecule has 6 heteroatoms. The Bertz CT molecular complexity index is 564. The number of benzene rings is 1. The Balaban J connectivity index is 2.37. The summed E-state index contributed by atoms with van der Waals surface area (Å²) >= 11 is 5.79. The molecule has 2 N–H and O–H groups in total. The number of halogens is 1. The number of amides is 1. The van der Waals surface area contributed by atoms with Crippen LogP contribution in [-0.4, -0.2) is 22.6 Å². The van der Waals surface area contributed by atoms with Gasteiger partial charge in [0.2, 0.25) is 11.5 Å². The van der Waals surface area contributed by atoms with Crippen molar-refractivity contribution >= 4 is 35.1 Å². The van der Waals surface area contributed by atoms with Gasteiger partial charge in [0.05, 0.1) is 5.70 Å². The Kier molecular flexibility index (Phi) is 2.93. The highest BCUT2D eigenvalue weighted by molar-refractivity contribution is 6.72. The lowest BCUT2D eigenvalue weighted by Gasteiger charge is -1.97. The van der Waals surface area contributed by atoms with E-state index in [0.29, 0.717) is 10.6 Å². The maximum Gasteiger partial charge on any atom is 0.281 e. The van der Waals surface area contributed by atoms with E-state index in [0.717, 1.165) is 0 Å². The molecule has 1 aromatic carbocycles. The predicted octanol–water partition coefficient (Wildman–Crippen LogP) is 1.21. The average molecular weight is 251 g/mol. The molecule has 0 unspecified atom stereocenters. The van der Waals surface area contributed by atoms with E-state index < -0.39 is 17.4 Å². The smallest absolute Gasteiger partial charge is 0.281 e. The molecule has 1 saturated heterocycles. The largest absolute Gasteiger partial charge is 0.410 e. The van der Waals surface area contributed by atoms with Crippen LogP contribution in [0.2, 0.25) is 5.02 Å². The van der Waals surface area contributed by atoms with E-state index in [4.69, 9.17) is 16.8 Å². The molecular weight excluding hydrogens is 244 g/mol. The summed E-state index contributed by atoms with van der Waals surface area (Å²) < 4.78 is 0. The van der Waals surface area contributed by atoms with E-state index >= 15 is 0 Å². The van der Waals surface area contributed by atoms with Gasteiger partial charge in [0.15, 0.2) is 0 Å². The van der Waals surface area contributed by atoms with Crippen molar-refractivity contribution in [1.82, 2.24) is 5.32 Å². The third-order valence-electron chi connectivity index (χ3n) is 2.18. The van der Waals surface area contributed by atoms with Crippen molar-refractivity contribution in [1.29, 1.82) is 0 Å². The van der Waals surface area contributed by atoms with E-state index in [-0.39, 0.29) is 5.70 Å². The molecule has 1 aromatic rings. The molecule has 2 rings (SSSR count). The molecule has 0 saturated carbocycles. The number of nitrogens with zero attached hydrogens (tertiary/aromatic N) is 1. The number of carbonyl (C=O) groups is 2. The third kappa shape index (κ3) is 2.19. The van der Waals surface area contributed by atoms with Crippen molar-refractivity contribution < 1.29 is 14.8 Å². The highest BCUT2D eigenvalue weighted by atomic mass is 35.5. The number of oxime groups is 1. The monoisotopic (exact) mass is 250 g/mol. The number of ketones is 1. The molecule has 17 heavy (non-hydrogen) atoms. The number of hydrogen-bond donors (Lipinski definition) is 2. The summed E-state index contributed by atoms with van der Waals surface area (Å²) in [5.41, 5.74) is 0.212. The molecule has 0 bridgehead atoms. The fourth-order valence-electron chi connectivity index (χ4n) is 1.42. The number of allylic oxidation sites excluding steroid dienone is 1. The number of rotatable bonds is 1. The molecule has 1 fully saturated rings. The van der Waals surface area contributed by atoms with Crippen molar-refractivity contribution in [3.8, 4) is 0 Å². The summed E-state index contributed by atoms with van der Waals surface area (Å²) in [7, 11) is 0. The number of nitrogens with one attached hydrogen (secondary N) is 1. The average Bonchev–Trinajstić information content (AvgIpc) is 2.54. The van der Waals surface area contributed by atoms with E-state index in [2.05, 4.69) is 10.5 Å². The number of Topliss-reactive ketones (excluding diaryl/α,β-unsaturated/α-hetero) is 1. The molecule has 86 valence electrons. The van der Waals surface area contributed by atoms with Crippen molar-refractivity contribution in [3.05, 3.63) is 40.5 Å². The highest BCUT2D eigenvalue weighted by Crippen LogP contribution is 2.15. The number of carbonyl (C=O) groups excluding carboxylic acids is 2. The minimum atomic E-state index is -0.717. The number of hydrogen-bond acceptors (Lipinski definition) is 4. The Hall–Kier alpha value is -2.14. The molecule has 1 heterocycles. The molecule has 1 aliphatic heterocycles. The van der Waals surface area contributed by atoms with Crippen molar-refractivity contribution in [2.45, 2.75) is 0 Å². The van der Waals surface area contributed by atoms with E-state index in [1.165, 1.54) is 6.08 Å². The first-order chi connectivity index (χ1) is 8.11. The fraction of sp³-hybridized carbons (Fsp3) is 0. The zero-order chi connectivity index (χ0) is 12.4. The maximum absolute atomic E-state index is 11.6. The molecule has 5 nitrogen and oxygen atoms in total. The highest BCUT2D eigenvalue weighted by Gasteiger charge is 2.33. The summed E-state index contributed by atoms with van der Waals surface area (Å²) in [6.07, 6.45) is 1.46. The minimum absolute atomic E-state index is 0.0602. The van der Waals surface area contributed by atoms with Crippen LogP contribution in [-0.2, 0) is 9.59 Å². The van der Waals surface area contributed by atoms with Crippen LogP contribution >= 0.6 is 11.6 Å². The quantitative estimate of drug-likeness (QED) is 0.447. The Labute approximate surface area is 101 Å². The molecular formula is C11H7ClN2O3. The second-order valence-corrected chi connectivity index (χ2v) is 3.78. The van der Waals surface area contributed by atoms with Crippen molar-refractivity contribution in [3.63, 3.8) is 0 Å². The van der Waals surface area contributed by atoms with Crippen LogP contribution in [0.4, 0.5) is 0 Å². The van der Waals surface area contributed by atoms with E-state index in [1.807, 2.05) is 0 Å². The van der Waals surface area contributed by atoms with Gasteiger partial charge in [0.25, 0.3) is 5.91 Å². The summed E-state index contributed by atoms with van der Waals surface area (Å²) in [6, 6.07) is 6.78. The second-order valence-electron chi connectivity index (χ2n) is 3.34. The van der Waals surface area contributed by atoms with E-state index in [9.17, 15) is 9.59 Å². The van der Waals surface area contributed by atoms with Crippen LogP contribution in [0.1, 0.15) is 5.56 Å². The van der Waals surface area contributed by atoms with Crippen molar-refractivity contribution in [2.24, 2.45) is 5.16 Å². The standard InChI is InChI=1S/C11H7ClN2O3/c12-7-3-1-2-6(4-7)5-8-10(15)9(14-17)11(16)13-8/h1-5,17H,(H,13,16)/b8-5+,14-9-. The van der Waals surface area contributed by atoms with Crippen LogP contribution in [0.5, 0.6) is 0 Å². The van der Waals surface area contributed by atoms with Gasteiger partial charge in [-0.25, -0.2) is 0 Å². The van der Waals surface area contributed by atoms with Gasteiger partial charge in [-0.15, -0.1) is 0 Å². The third-order valence-corrected chi connectivity index (χ3v) is 2.42. The lowest BCUT2D eigenvalue weighted by molar-refractivity contribution is -0.113. The predicted molar refractivity (Wildman–Crippen MR) is 61.8 cm³/mol. The summed E-state index contributed by atoms with van der Waals surface area (Å²) in [5, 5.41) is 14.0. The summed E-state index contributed by atoms with van der Waals surface area (Å²) in [5.74, 6) is -1.36. The van der Waals surface area contributed by atoms with Gasteiger partial charge < -0.3 is 10.5 Å². The molecule has 0 aromatic heterocycles. The Morgan fingerprint density at radius 2 is 2.12 bits per heavy atom. The van der Waals surface area contributed by atoms with E-state index in [1.54, 1.807) is 24.3 Å². The van der Waals surface area contributed by atoms with Crippen LogP contribution in [0.15, 0.2) is 35.1 Å². The second kappa shape index (κ2) is 4.39. The van der Waals surface area contributed by atoms with Gasteiger partial charge in [-0.3, -0.25) is 9.59 Å². The Morgan fingerprint density at radius 1 is 1.35 bits per heavy atom. The molecule has 0 spiro atoms. The van der Waals surface area contributed by atoms with Gasteiger partial charge in [-0.1, -0.05) is 28.9 Å². The zero-order valence-corrected chi connectivity index (χ0v) is 9.23. The lowest BCUT2D eigenvalue weighted by Crippen LogP contribution is -2.19. The first-order valence-electron chi connectivity index (χ1n) is 4.67. The topological polar surface area (TPSA) is 78.8 Å². The van der Waals surface area contributed by atoms with Gasteiger partial charge in [0, 0.05) is 5.02 Å². The summed E-state index contributed by atoms with van der Waals surface area (Å²) in [4.78, 5) is 22.8. The molecule has 0 atom stereocenters.